The van der Waals surface area contributed by atoms with E-state index in [2.05, 4.69) is 4.98 Å². The second-order valence-corrected chi connectivity index (χ2v) is 5.72. The van der Waals surface area contributed by atoms with Crippen molar-refractivity contribution in [1.82, 2.24) is 4.98 Å². The van der Waals surface area contributed by atoms with Crippen LogP contribution in [0.1, 0.15) is 19.5 Å². The van der Waals surface area contributed by atoms with E-state index in [1.54, 1.807) is 11.0 Å². The van der Waals surface area contributed by atoms with Crippen molar-refractivity contribution in [3.05, 3.63) is 23.9 Å². The molecule has 112 valence electrons. The molecule has 1 aliphatic rings. The van der Waals surface area contributed by atoms with Gasteiger partial charge in [0.25, 0.3) is 0 Å². The zero-order valence-corrected chi connectivity index (χ0v) is 12.0. The molecule has 0 N–H and O–H groups in total. The van der Waals surface area contributed by atoms with Gasteiger partial charge in [-0.15, -0.1) is 11.6 Å². The Balaban J connectivity index is 2.26. The first-order valence-corrected chi connectivity index (χ1v) is 6.78. The van der Waals surface area contributed by atoms with Crippen molar-refractivity contribution in [2.24, 2.45) is 0 Å². The third-order valence-corrected chi connectivity index (χ3v) is 3.35. The highest BCUT2D eigenvalue weighted by molar-refractivity contribution is 6.18. The Morgan fingerprint density at radius 1 is 1.45 bits per heavy atom. The van der Waals surface area contributed by atoms with E-state index in [4.69, 9.17) is 16.3 Å². The summed E-state index contributed by atoms with van der Waals surface area (Å²) in [7, 11) is 0. The van der Waals surface area contributed by atoms with E-state index in [0.29, 0.717) is 24.8 Å². The fraction of sp³-hybridized carbons (Fsp3) is 0.615. The topological polar surface area (TPSA) is 25.4 Å². The molecule has 1 aromatic rings. The molecule has 1 saturated heterocycles. The summed E-state index contributed by atoms with van der Waals surface area (Å²) in [6.07, 6.45) is -4.67. The van der Waals surface area contributed by atoms with Crippen molar-refractivity contribution in [3.63, 3.8) is 0 Å². The van der Waals surface area contributed by atoms with E-state index in [1.807, 2.05) is 13.8 Å². The number of ether oxygens (including phenoxy) is 1. The Morgan fingerprint density at radius 2 is 2.15 bits per heavy atom. The zero-order valence-electron chi connectivity index (χ0n) is 11.2. The Labute approximate surface area is 120 Å². The number of rotatable bonds is 2. The van der Waals surface area contributed by atoms with E-state index in [1.165, 1.54) is 6.07 Å². The predicted molar refractivity (Wildman–Crippen MR) is 71.1 cm³/mol. The van der Waals surface area contributed by atoms with Gasteiger partial charge in [-0.3, -0.25) is 0 Å². The minimum Gasteiger partial charge on any atom is -0.367 e. The van der Waals surface area contributed by atoms with E-state index >= 15 is 0 Å². The second-order valence-electron chi connectivity index (χ2n) is 5.41. The number of morpholine rings is 1. The van der Waals surface area contributed by atoms with Crippen molar-refractivity contribution in [1.29, 1.82) is 0 Å². The van der Waals surface area contributed by atoms with Crippen molar-refractivity contribution >= 4 is 17.4 Å². The zero-order chi connectivity index (χ0) is 15.0. The van der Waals surface area contributed by atoms with Gasteiger partial charge in [0.05, 0.1) is 17.6 Å². The van der Waals surface area contributed by atoms with Gasteiger partial charge >= 0.3 is 6.18 Å². The van der Waals surface area contributed by atoms with Crippen molar-refractivity contribution in [2.45, 2.75) is 31.7 Å². The molecular formula is C13H16ClF3N2O. The molecule has 20 heavy (non-hydrogen) atoms. The highest BCUT2D eigenvalue weighted by Gasteiger charge is 2.36. The number of aromatic nitrogens is 1. The van der Waals surface area contributed by atoms with Gasteiger partial charge < -0.3 is 9.64 Å². The SMILES string of the molecule is CC1(C)CN(c2cccc(C(F)(F)F)n2)CC(CCl)O1. The van der Waals surface area contributed by atoms with Gasteiger partial charge in [0.1, 0.15) is 11.5 Å². The van der Waals surface area contributed by atoms with Crippen LogP contribution in [0.5, 0.6) is 0 Å². The van der Waals surface area contributed by atoms with Crippen LogP contribution in [0.3, 0.4) is 0 Å². The fourth-order valence-corrected chi connectivity index (χ4v) is 2.47. The van der Waals surface area contributed by atoms with Gasteiger partial charge in [-0.1, -0.05) is 6.07 Å². The van der Waals surface area contributed by atoms with Crippen LogP contribution in [0, 0.1) is 0 Å². The minimum atomic E-state index is -4.44. The largest absolute Gasteiger partial charge is 0.433 e. The van der Waals surface area contributed by atoms with Crippen LogP contribution >= 0.6 is 11.6 Å². The molecule has 1 aliphatic heterocycles. The average molecular weight is 309 g/mol. The molecule has 0 aliphatic carbocycles. The monoisotopic (exact) mass is 308 g/mol. The van der Waals surface area contributed by atoms with Gasteiger partial charge in [-0.25, -0.2) is 4.98 Å². The van der Waals surface area contributed by atoms with Gasteiger partial charge in [0.2, 0.25) is 0 Å². The Hall–Kier alpha value is -1.01. The van der Waals surface area contributed by atoms with Crippen molar-refractivity contribution in [3.8, 4) is 0 Å². The van der Waals surface area contributed by atoms with Gasteiger partial charge in [0, 0.05) is 13.1 Å². The molecule has 7 heteroatoms. The maximum Gasteiger partial charge on any atom is 0.433 e. The highest BCUT2D eigenvalue weighted by atomic mass is 35.5. The van der Waals surface area contributed by atoms with Gasteiger partial charge in [-0.2, -0.15) is 13.2 Å². The summed E-state index contributed by atoms with van der Waals surface area (Å²) in [5, 5.41) is 0. The molecule has 0 amide bonds. The minimum absolute atomic E-state index is 0.225. The molecule has 0 radical (unpaired) electrons. The van der Waals surface area contributed by atoms with Crippen LogP contribution in [-0.4, -0.2) is 35.7 Å². The summed E-state index contributed by atoms with van der Waals surface area (Å²) in [5.74, 6) is 0.588. The number of anilines is 1. The van der Waals surface area contributed by atoms with E-state index in [0.717, 1.165) is 6.07 Å². The van der Waals surface area contributed by atoms with E-state index in [9.17, 15) is 13.2 Å². The van der Waals surface area contributed by atoms with Gasteiger partial charge in [0.15, 0.2) is 0 Å². The molecule has 0 spiro atoms. The third-order valence-electron chi connectivity index (χ3n) is 3.00. The van der Waals surface area contributed by atoms with E-state index in [-0.39, 0.29) is 6.10 Å². The molecular weight excluding hydrogens is 293 g/mol. The first-order chi connectivity index (χ1) is 9.21. The first-order valence-electron chi connectivity index (χ1n) is 6.24. The Morgan fingerprint density at radius 3 is 2.75 bits per heavy atom. The molecule has 0 saturated carbocycles. The number of hydrogen-bond donors (Lipinski definition) is 0. The molecule has 3 nitrogen and oxygen atoms in total. The lowest BCUT2D eigenvalue weighted by Gasteiger charge is -2.43. The number of hydrogen-bond acceptors (Lipinski definition) is 3. The lowest BCUT2D eigenvalue weighted by molar-refractivity contribution is -0.141. The summed E-state index contributed by atoms with van der Waals surface area (Å²) in [6.45, 7) is 4.66. The van der Waals surface area contributed by atoms with Crippen LogP contribution < -0.4 is 4.90 Å². The quantitative estimate of drug-likeness (QED) is 0.784. The molecule has 1 unspecified atom stereocenters. The third kappa shape index (κ3) is 3.55. The fourth-order valence-electron chi connectivity index (χ4n) is 2.31. The maximum absolute atomic E-state index is 12.7. The Bertz CT molecular complexity index is 479. The molecule has 2 rings (SSSR count). The van der Waals surface area contributed by atoms with Crippen LogP contribution in [-0.2, 0) is 10.9 Å². The lowest BCUT2D eigenvalue weighted by atomic mass is 10.1. The summed E-state index contributed by atoms with van der Waals surface area (Å²) in [4.78, 5) is 5.49. The summed E-state index contributed by atoms with van der Waals surface area (Å²) >= 11 is 5.81. The van der Waals surface area contributed by atoms with Crippen LogP contribution in [0.4, 0.5) is 19.0 Å². The number of nitrogens with zero attached hydrogens (tertiary/aromatic N) is 2. The number of pyridine rings is 1. The summed E-state index contributed by atoms with van der Waals surface area (Å²) in [6, 6.07) is 3.90. The molecule has 2 heterocycles. The standard InChI is InChI=1S/C13H16ClF3N2O/c1-12(2)8-19(7-9(6-14)20-12)11-5-3-4-10(18-11)13(15,16)17/h3-5,9H,6-8H2,1-2H3. The van der Waals surface area contributed by atoms with E-state index < -0.39 is 17.5 Å². The molecule has 1 atom stereocenters. The number of halogens is 4. The average Bonchev–Trinajstić information content (AvgIpc) is 2.36. The van der Waals surface area contributed by atoms with Crippen molar-refractivity contribution < 1.29 is 17.9 Å². The smallest absolute Gasteiger partial charge is 0.367 e. The normalized spacial score (nSPS) is 22.9. The molecule has 0 aromatic carbocycles. The maximum atomic E-state index is 12.7. The second kappa shape index (κ2) is 5.41. The molecule has 1 fully saturated rings. The summed E-state index contributed by atoms with van der Waals surface area (Å²) in [5.41, 5.74) is -1.37. The van der Waals surface area contributed by atoms with Crippen LogP contribution in [0.25, 0.3) is 0 Å². The first kappa shape index (κ1) is 15.4. The van der Waals surface area contributed by atoms with Crippen molar-refractivity contribution in [2.75, 3.05) is 23.9 Å². The molecule has 1 aromatic heterocycles. The predicted octanol–water partition coefficient (Wildman–Crippen LogP) is 3.32. The Kier molecular flexibility index (Phi) is 4.16. The lowest BCUT2D eigenvalue weighted by Crippen LogP contribution is -2.53. The number of alkyl halides is 4. The van der Waals surface area contributed by atoms with Crippen LogP contribution in [0.2, 0.25) is 0 Å². The highest BCUT2D eigenvalue weighted by Crippen LogP contribution is 2.30. The summed E-state index contributed by atoms with van der Waals surface area (Å²) < 4.78 is 43.9. The van der Waals surface area contributed by atoms with Gasteiger partial charge in [-0.05, 0) is 26.0 Å². The van der Waals surface area contributed by atoms with Crippen LogP contribution in [0.15, 0.2) is 18.2 Å². The molecule has 0 bridgehead atoms.